The smallest absolute Gasteiger partial charge is 0.248 e. The van der Waals surface area contributed by atoms with Crippen molar-refractivity contribution < 1.29 is 24.3 Å². The molecule has 0 radical (unpaired) electrons. The third-order valence-electron chi connectivity index (χ3n) is 14.0. The number of rotatable bonds is 6. The van der Waals surface area contributed by atoms with Crippen molar-refractivity contribution in [3.05, 3.63) is 0 Å². The van der Waals surface area contributed by atoms with E-state index in [9.17, 15) is 24.3 Å². The molecule has 3 amide bonds. The fourth-order valence-corrected chi connectivity index (χ4v) is 11.0. The third-order valence-corrected chi connectivity index (χ3v) is 14.0. The number of hydrogen-bond donors (Lipinski definition) is 4. The summed E-state index contributed by atoms with van der Waals surface area (Å²) in [5, 5.41) is 13.7. The average Bonchev–Trinajstić information content (AvgIpc) is 3.16. The number of carbonyl (C=O) groups excluding carboxylic acids is 4. The van der Waals surface area contributed by atoms with Crippen molar-refractivity contribution in [1.82, 2.24) is 10.2 Å². The number of hydrogen-bond acceptors (Lipinski definition) is 6. The highest BCUT2D eigenvalue weighted by Gasteiger charge is 2.88. The molecule has 3 heterocycles. The lowest BCUT2D eigenvalue weighted by molar-refractivity contribution is -0.147. The fraction of sp³-hybridized carbons (Fsp3) is 0.882. The van der Waals surface area contributed by atoms with Crippen molar-refractivity contribution in [3.63, 3.8) is 0 Å². The molecule has 4 aliphatic carbocycles. The molecule has 4 unspecified atom stereocenters. The molecular formula is C34H54N4O5. The number of aliphatic hydroxyl groups is 1. The number of Topliss-reactive ketones (excluding diaryl/α,β-unsaturated/α-hetero) is 1. The van der Waals surface area contributed by atoms with Crippen LogP contribution in [0.25, 0.3) is 0 Å². The summed E-state index contributed by atoms with van der Waals surface area (Å²) in [4.78, 5) is 56.4. The Morgan fingerprint density at radius 3 is 2.33 bits per heavy atom. The van der Waals surface area contributed by atoms with E-state index in [1.54, 1.807) is 4.90 Å². The number of primary amides is 1. The van der Waals surface area contributed by atoms with Crippen LogP contribution in [-0.4, -0.2) is 64.3 Å². The first-order chi connectivity index (χ1) is 20.0. The number of ketones is 1. The fourth-order valence-electron chi connectivity index (χ4n) is 11.0. The summed E-state index contributed by atoms with van der Waals surface area (Å²) < 4.78 is 0. The summed E-state index contributed by atoms with van der Waals surface area (Å²) in [6.07, 6.45) is 9.03. The van der Waals surface area contributed by atoms with Gasteiger partial charge in [-0.2, -0.15) is 0 Å². The Bertz CT molecular complexity index is 1200. The van der Waals surface area contributed by atoms with Crippen molar-refractivity contribution in [2.24, 2.45) is 56.3 Å². The molecule has 3 saturated heterocycles. The molecular weight excluding hydrogens is 544 g/mol. The Kier molecular flexibility index (Phi) is 7.21. The van der Waals surface area contributed by atoms with Crippen LogP contribution in [0.2, 0.25) is 0 Å². The second-order valence-electron chi connectivity index (χ2n) is 17.3. The zero-order valence-electron chi connectivity index (χ0n) is 26.9. The van der Waals surface area contributed by atoms with Crippen LogP contribution in [0.1, 0.15) is 112 Å². The van der Waals surface area contributed by atoms with Crippen LogP contribution in [0.15, 0.2) is 0 Å². The van der Waals surface area contributed by atoms with Gasteiger partial charge in [0.25, 0.3) is 0 Å². The van der Waals surface area contributed by atoms with Crippen LogP contribution >= 0.6 is 0 Å². The Labute approximate surface area is 256 Å². The van der Waals surface area contributed by atoms with Gasteiger partial charge in [-0.3, -0.25) is 19.2 Å². The Morgan fingerprint density at radius 1 is 1.07 bits per heavy atom. The van der Waals surface area contributed by atoms with Gasteiger partial charge in [-0.05, 0) is 78.4 Å². The monoisotopic (exact) mass is 598 g/mol. The van der Waals surface area contributed by atoms with Gasteiger partial charge in [-0.15, -0.1) is 0 Å². The first-order valence-electron chi connectivity index (χ1n) is 16.8. The van der Waals surface area contributed by atoms with E-state index in [4.69, 9.17) is 11.5 Å². The Morgan fingerprint density at radius 2 is 1.74 bits per heavy atom. The first kappa shape index (κ1) is 31.0. The average molecular weight is 599 g/mol. The van der Waals surface area contributed by atoms with Crippen molar-refractivity contribution in [3.8, 4) is 0 Å². The summed E-state index contributed by atoms with van der Waals surface area (Å²) in [6, 6.07) is -2.09. The van der Waals surface area contributed by atoms with Crippen LogP contribution in [0.4, 0.5) is 0 Å². The molecule has 0 aromatic rings. The van der Waals surface area contributed by atoms with Crippen molar-refractivity contribution in [2.75, 3.05) is 6.54 Å². The maximum Gasteiger partial charge on any atom is 0.248 e. The predicted molar refractivity (Wildman–Crippen MR) is 162 cm³/mol. The maximum atomic E-state index is 14.6. The lowest BCUT2D eigenvalue weighted by Crippen LogP contribution is -2.56. The van der Waals surface area contributed by atoms with Crippen molar-refractivity contribution in [1.29, 1.82) is 0 Å². The molecule has 4 saturated carbocycles. The van der Waals surface area contributed by atoms with E-state index in [1.165, 1.54) is 0 Å². The van der Waals surface area contributed by atoms with Crippen LogP contribution < -0.4 is 16.8 Å². The van der Waals surface area contributed by atoms with E-state index < -0.39 is 41.5 Å². The Balaban J connectivity index is 1.36. The van der Waals surface area contributed by atoms with Crippen LogP contribution in [0, 0.1) is 44.8 Å². The van der Waals surface area contributed by atoms with E-state index in [0.717, 1.165) is 57.8 Å². The lowest BCUT2D eigenvalue weighted by Gasteiger charge is -2.56. The molecule has 7 fully saturated rings. The number of amides is 3. The van der Waals surface area contributed by atoms with Crippen LogP contribution in [0.5, 0.6) is 0 Å². The van der Waals surface area contributed by atoms with Crippen LogP contribution in [-0.2, 0) is 19.2 Å². The van der Waals surface area contributed by atoms with Gasteiger partial charge in [0.05, 0.1) is 12.1 Å². The molecule has 7 rings (SSSR count). The molecule has 9 heteroatoms. The Hall–Kier alpha value is -2.00. The van der Waals surface area contributed by atoms with Crippen molar-refractivity contribution in [2.45, 2.75) is 136 Å². The second-order valence-corrected chi connectivity index (χ2v) is 17.3. The highest BCUT2D eigenvalue weighted by Crippen LogP contribution is 2.92. The first-order valence-corrected chi connectivity index (χ1v) is 16.8. The van der Waals surface area contributed by atoms with E-state index in [0.29, 0.717) is 25.3 Å². The quantitative estimate of drug-likeness (QED) is 0.368. The number of carbonyl (C=O) groups is 4. The van der Waals surface area contributed by atoms with Gasteiger partial charge in [0.2, 0.25) is 17.7 Å². The summed E-state index contributed by atoms with van der Waals surface area (Å²) in [7, 11) is 0. The molecule has 9 nitrogen and oxygen atoms in total. The van der Waals surface area contributed by atoms with Gasteiger partial charge in [-0.1, -0.05) is 60.3 Å². The zero-order valence-corrected chi connectivity index (χ0v) is 26.9. The summed E-state index contributed by atoms with van der Waals surface area (Å²) >= 11 is 0. The predicted octanol–water partition coefficient (Wildman–Crippen LogP) is 3.05. The molecule has 6 N–H and O–H groups in total. The number of nitrogens with one attached hydrogen (secondary N) is 1. The SMILES string of the molecule is CC(C)(C)[C@@H]1CC(=O)[C@@H](N)C2CCCC3(C2)CC2(C3)C(C)(C)C23C[C@@H](C(=O)NC(CC2CCC2)C(O)C(N)=O)N(C3)C1=O. The molecule has 7 atom stereocenters. The number of nitrogens with two attached hydrogens (primary N) is 2. The summed E-state index contributed by atoms with van der Waals surface area (Å²) in [5.74, 6) is -1.51. The number of nitrogens with zero attached hydrogens (tertiary/aromatic N) is 1. The van der Waals surface area contributed by atoms with Gasteiger partial charge in [-0.25, -0.2) is 0 Å². The minimum absolute atomic E-state index is 0.0386. The van der Waals surface area contributed by atoms with Crippen LogP contribution in [0.3, 0.4) is 0 Å². The van der Waals surface area contributed by atoms with Gasteiger partial charge in [0, 0.05) is 24.3 Å². The summed E-state index contributed by atoms with van der Waals surface area (Å²) in [5.41, 5.74) is 11.7. The highest BCUT2D eigenvalue weighted by atomic mass is 16.3. The number of fused-ring (bicyclic) bond motifs is 4. The van der Waals surface area contributed by atoms with Gasteiger partial charge >= 0.3 is 0 Å². The molecule has 240 valence electrons. The highest BCUT2D eigenvalue weighted by molar-refractivity contribution is 5.94. The van der Waals surface area contributed by atoms with Crippen molar-refractivity contribution >= 4 is 23.5 Å². The lowest BCUT2D eigenvalue weighted by atomic mass is 9.49. The molecule has 0 aromatic carbocycles. The third kappa shape index (κ3) is 4.52. The normalized spacial score (nSPS) is 41.8. The maximum absolute atomic E-state index is 14.6. The second kappa shape index (κ2) is 10.0. The van der Waals surface area contributed by atoms with Gasteiger partial charge in [0.15, 0.2) is 11.9 Å². The topological polar surface area (TPSA) is 156 Å². The molecule has 43 heavy (non-hydrogen) atoms. The number of aliphatic hydroxyl groups excluding tert-OH is 1. The van der Waals surface area contributed by atoms with E-state index in [1.807, 2.05) is 20.8 Å². The van der Waals surface area contributed by atoms with E-state index in [2.05, 4.69) is 19.2 Å². The molecule has 0 aromatic heterocycles. The van der Waals surface area contributed by atoms with E-state index in [-0.39, 0.29) is 51.6 Å². The van der Waals surface area contributed by atoms with Gasteiger partial charge < -0.3 is 26.8 Å². The van der Waals surface area contributed by atoms with Gasteiger partial charge in [0.1, 0.15) is 6.04 Å². The molecule has 3 spiro atoms. The molecule has 7 aliphatic rings. The standard InChI is InChI=1S/C34H54N4O5/c1-30(2,3)21-13-24(39)25(35)20-10-7-11-32(14-20)16-34(17-32)31(4,5)33(34)15-23(38(18-33)29(21)43)28(42)37-22(26(40)27(36)41)12-19-8-6-9-19/h19-23,25-26,40H,6-18,35H2,1-5H3,(H2,36,41)(H,37,42)/t20?,21-,22?,23+,25+,26?,32?,33?,34?/m1/s1. The minimum atomic E-state index is -1.49. The minimum Gasteiger partial charge on any atom is -0.381 e. The zero-order chi connectivity index (χ0) is 31.3. The van der Waals surface area contributed by atoms with E-state index >= 15 is 0 Å². The molecule has 3 aliphatic heterocycles. The molecule has 5 bridgehead atoms. The largest absolute Gasteiger partial charge is 0.381 e. The summed E-state index contributed by atoms with van der Waals surface area (Å²) in [6.45, 7) is 11.1.